The molecule has 12 heteroatoms. The Hall–Kier alpha value is -4.71. The zero-order valence-corrected chi connectivity index (χ0v) is 24.3. The summed E-state index contributed by atoms with van der Waals surface area (Å²) in [4.78, 5) is 29.9. The van der Waals surface area contributed by atoms with Crippen molar-refractivity contribution in [3.05, 3.63) is 88.4 Å². The Morgan fingerprint density at radius 3 is 2.42 bits per heavy atom. The number of aromatic nitrogens is 1. The van der Waals surface area contributed by atoms with Crippen LogP contribution in [0.5, 0.6) is 11.5 Å². The van der Waals surface area contributed by atoms with Gasteiger partial charge in [0.25, 0.3) is 5.91 Å². The first kappa shape index (κ1) is 30.3. The van der Waals surface area contributed by atoms with Gasteiger partial charge in [-0.15, -0.1) is 0 Å². The highest BCUT2D eigenvalue weighted by atomic mass is 19.4. The number of benzene rings is 3. The second-order valence-electron chi connectivity index (χ2n) is 11.6. The molecule has 2 atom stereocenters. The number of hydrogen-bond donors (Lipinski definition) is 3. The van der Waals surface area contributed by atoms with E-state index in [-0.39, 0.29) is 34.7 Å². The molecule has 3 aromatic carbocycles. The molecule has 1 unspecified atom stereocenters. The average Bonchev–Trinajstić information content (AvgIpc) is 3.61. The first-order valence-electron chi connectivity index (χ1n) is 14.2. The molecule has 4 N–H and O–H groups in total. The Kier molecular flexibility index (Phi) is 7.23. The van der Waals surface area contributed by atoms with Crippen LogP contribution in [0.1, 0.15) is 46.1 Å². The zero-order chi connectivity index (χ0) is 32.3. The summed E-state index contributed by atoms with van der Waals surface area (Å²) in [5.74, 6) is -1.99. The van der Waals surface area contributed by atoms with Gasteiger partial charge in [-0.3, -0.25) is 9.59 Å². The molecule has 0 spiro atoms. The predicted molar refractivity (Wildman–Crippen MR) is 156 cm³/mol. The molecule has 1 aliphatic heterocycles. The minimum atomic E-state index is -5.34. The molecule has 45 heavy (non-hydrogen) atoms. The summed E-state index contributed by atoms with van der Waals surface area (Å²) in [7, 11) is 1.44. The summed E-state index contributed by atoms with van der Waals surface area (Å²) in [6, 6.07) is 12.6. The Morgan fingerprint density at radius 1 is 1.09 bits per heavy atom. The number of pyridine rings is 1. The highest BCUT2D eigenvalue weighted by Crippen LogP contribution is 2.47. The minimum Gasteiger partial charge on any atom is -0.496 e. The number of alkyl halides is 3. The van der Waals surface area contributed by atoms with Crippen LogP contribution in [0.2, 0.25) is 0 Å². The van der Waals surface area contributed by atoms with Crippen molar-refractivity contribution < 1.29 is 41.7 Å². The first-order valence-corrected chi connectivity index (χ1v) is 14.2. The van der Waals surface area contributed by atoms with Gasteiger partial charge in [-0.2, -0.15) is 13.2 Å². The average molecular weight is 624 g/mol. The van der Waals surface area contributed by atoms with Crippen molar-refractivity contribution in [3.8, 4) is 22.8 Å². The lowest BCUT2D eigenvalue weighted by Crippen LogP contribution is -2.51. The molecule has 6 rings (SSSR count). The number of carbonyl (C=O) groups is 2. The third-order valence-corrected chi connectivity index (χ3v) is 8.74. The van der Waals surface area contributed by atoms with E-state index in [0.29, 0.717) is 11.1 Å². The SMILES string of the molecule is COc1cc(C(=O)NCC(O)(c2cc3c(c(-c4ccc(F)cc4)n2)OC[C@]3(C)C(N)=O)C(F)(F)F)cc2cc3c(cc12)CCC3. The largest absolute Gasteiger partial charge is 0.496 e. The number of aryl methyl sites for hydroxylation is 2. The van der Waals surface area contributed by atoms with Gasteiger partial charge in [-0.1, -0.05) is 6.07 Å². The Bertz CT molecular complexity index is 1860. The van der Waals surface area contributed by atoms with Crippen molar-refractivity contribution in [1.82, 2.24) is 10.3 Å². The van der Waals surface area contributed by atoms with Gasteiger partial charge in [0.2, 0.25) is 11.5 Å². The van der Waals surface area contributed by atoms with Crippen LogP contribution in [-0.2, 0) is 28.7 Å². The van der Waals surface area contributed by atoms with Gasteiger partial charge in [-0.25, -0.2) is 9.37 Å². The summed E-state index contributed by atoms with van der Waals surface area (Å²) in [6.07, 6.45) is -2.53. The van der Waals surface area contributed by atoms with E-state index >= 15 is 0 Å². The number of amides is 2. The van der Waals surface area contributed by atoms with Crippen LogP contribution in [-0.4, -0.2) is 48.3 Å². The topological polar surface area (TPSA) is 124 Å². The van der Waals surface area contributed by atoms with Crippen LogP contribution in [0.15, 0.2) is 54.6 Å². The number of primary amides is 1. The molecule has 4 aromatic rings. The number of rotatable bonds is 7. The molecule has 8 nitrogen and oxygen atoms in total. The van der Waals surface area contributed by atoms with Crippen LogP contribution in [0.3, 0.4) is 0 Å². The molecular formula is C33H29F4N3O5. The van der Waals surface area contributed by atoms with Crippen molar-refractivity contribution in [2.75, 3.05) is 20.3 Å². The smallest absolute Gasteiger partial charge is 0.424 e. The Morgan fingerprint density at radius 2 is 1.78 bits per heavy atom. The molecule has 0 saturated heterocycles. The van der Waals surface area contributed by atoms with Crippen LogP contribution >= 0.6 is 0 Å². The van der Waals surface area contributed by atoms with Crippen molar-refractivity contribution in [2.45, 2.75) is 43.4 Å². The summed E-state index contributed by atoms with van der Waals surface area (Å²) < 4.78 is 69.1. The number of halogens is 4. The molecule has 1 aliphatic carbocycles. The fourth-order valence-corrected chi connectivity index (χ4v) is 5.95. The number of ether oxygens (including phenoxy) is 2. The highest BCUT2D eigenvalue weighted by Gasteiger charge is 2.57. The van der Waals surface area contributed by atoms with E-state index < -0.39 is 47.1 Å². The van der Waals surface area contributed by atoms with Gasteiger partial charge in [0.15, 0.2) is 0 Å². The highest BCUT2D eigenvalue weighted by molar-refractivity contribution is 6.01. The van der Waals surface area contributed by atoms with Crippen LogP contribution in [0, 0.1) is 5.82 Å². The van der Waals surface area contributed by atoms with Gasteiger partial charge in [0.05, 0.1) is 19.3 Å². The maximum atomic E-state index is 14.8. The summed E-state index contributed by atoms with van der Waals surface area (Å²) >= 11 is 0. The van der Waals surface area contributed by atoms with E-state index in [1.807, 2.05) is 12.1 Å². The summed E-state index contributed by atoms with van der Waals surface area (Å²) in [5, 5.41) is 15.0. The lowest BCUT2D eigenvalue weighted by molar-refractivity contribution is -0.265. The number of aliphatic hydroxyl groups is 1. The number of nitrogens with two attached hydrogens (primary N) is 1. The van der Waals surface area contributed by atoms with Crippen molar-refractivity contribution in [2.24, 2.45) is 5.73 Å². The van der Waals surface area contributed by atoms with Gasteiger partial charge in [0.1, 0.15) is 35.0 Å². The van der Waals surface area contributed by atoms with E-state index in [9.17, 15) is 32.3 Å². The molecule has 234 valence electrons. The number of hydrogen-bond acceptors (Lipinski definition) is 6. The van der Waals surface area contributed by atoms with Crippen LogP contribution < -0.4 is 20.5 Å². The maximum Gasteiger partial charge on any atom is 0.424 e. The van der Waals surface area contributed by atoms with Crippen LogP contribution in [0.4, 0.5) is 17.6 Å². The minimum absolute atomic E-state index is 0.0186. The second kappa shape index (κ2) is 10.7. The third-order valence-electron chi connectivity index (χ3n) is 8.74. The molecule has 0 fully saturated rings. The molecule has 0 radical (unpaired) electrons. The Balaban J connectivity index is 1.41. The number of methoxy groups -OCH3 is 1. The van der Waals surface area contributed by atoms with E-state index in [1.54, 1.807) is 6.07 Å². The summed E-state index contributed by atoms with van der Waals surface area (Å²) in [6.45, 7) is -0.204. The monoisotopic (exact) mass is 623 g/mol. The van der Waals surface area contributed by atoms with Gasteiger partial charge in [0, 0.05) is 22.1 Å². The van der Waals surface area contributed by atoms with E-state index in [2.05, 4.69) is 10.3 Å². The van der Waals surface area contributed by atoms with Crippen LogP contribution in [0.25, 0.3) is 22.0 Å². The van der Waals surface area contributed by atoms with Crippen molar-refractivity contribution in [3.63, 3.8) is 0 Å². The number of nitrogens with one attached hydrogen (secondary N) is 1. The quantitative estimate of drug-likeness (QED) is 0.253. The molecule has 2 heterocycles. The Labute approximate surface area is 255 Å². The normalized spacial score (nSPS) is 18.6. The van der Waals surface area contributed by atoms with E-state index in [4.69, 9.17) is 15.2 Å². The second-order valence-corrected chi connectivity index (χ2v) is 11.6. The molecule has 1 aromatic heterocycles. The predicted octanol–water partition coefficient (Wildman–Crippen LogP) is 4.85. The lowest BCUT2D eigenvalue weighted by Gasteiger charge is -2.31. The first-order chi connectivity index (χ1) is 21.2. The zero-order valence-electron chi connectivity index (χ0n) is 24.3. The standard InChI is InChI=1S/C33H29F4N3O5/c1-31(30(38)42)16-45-28-24(31)14-26(40-27(28)17-6-8-22(34)9-7-17)32(43,33(35,36)37)15-39-29(41)21-11-20-10-18-4-3-5-19(18)12-23(20)25(13-21)44-2/h6-14,43H,3-5,15-16H2,1-2H3,(H2,38,42)(H,39,41)/t31-,32?/m0/s1. The third kappa shape index (κ3) is 5.02. The molecule has 2 aliphatic rings. The molecule has 2 amide bonds. The van der Waals surface area contributed by atoms with Gasteiger partial charge in [-0.05, 0) is 91.2 Å². The molecular weight excluding hydrogens is 594 g/mol. The van der Waals surface area contributed by atoms with Gasteiger partial charge >= 0.3 is 6.18 Å². The van der Waals surface area contributed by atoms with Gasteiger partial charge < -0.3 is 25.6 Å². The number of fused-ring (bicyclic) bond motifs is 3. The number of nitrogens with zero attached hydrogens (tertiary/aromatic N) is 1. The van der Waals surface area contributed by atoms with Crippen molar-refractivity contribution >= 4 is 22.6 Å². The lowest BCUT2D eigenvalue weighted by atomic mass is 9.81. The van der Waals surface area contributed by atoms with E-state index in [1.165, 1.54) is 37.8 Å². The fraction of sp³-hybridized carbons (Fsp3) is 0.303. The molecule has 0 saturated carbocycles. The van der Waals surface area contributed by atoms with E-state index in [0.717, 1.165) is 48.4 Å². The maximum absolute atomic E-state index is 14.8. The summed E-state index contributed by atoms with van der Waals surface area (Å²) in [5.41, 5.74) is 1.79. The molecule has 0 bridgehead atoms. The van der Waals surface area contributed by atoms with Crippen molar-refractivity contribution in [1.29, 1.82) is 0 Å². The fourth-order valence-electron chi connectivity index (χ4n) is 5.95. The number of carbonyl (C=O) groups excluding carboxylic acids is 2.